The molecule has 1 aliphatic rings. The molecule has 3 unspecified atom stereocenters. The molecule has 1 aliphatic heterocycles. The first-order valence-electron chi connectivity index (χ1n) is 5.91. The fraction of sp³-hybridized carbons (Fsp3) is 1.00. The van der Waals surface area contributed by atoms with Gasteiger partial charge >= 0.3 is 0 Å². The third-order valence-corrected chi connectivity index (χ3v) is 3.06. The summed E-state index contributed by atoms with van der Waals surface area (Å²) in [5.74, 6) is 0.459. The highest BCUT2D eigenvalue weighted by Gasteiger charge is 2.36. The first-order valence-corrected chi connectivity index (χ1v) is 5.91. The minimum atomic E-state index is 0.0902. The van der Waals surface area contributed by atoms with Gasteiger partial charge in [0.05, 0.1) is 12.7 Å². The quantitative estimate of drug-likeness (QED) is 0.777. The first kappa shape index (κ1) is 12.9. The van der Waals surface area contributed by atoms with Crippen molar-refractivity contribution >= 4 is 0 Å². The highest BCUT2D eigenvalue weighted by Crippen LogP contribution is 2.29. The minimum absolute atomic E-state index is 0.0902. The Morgan fingerprint density at radius 2 is 2.13 bits per heavy atom. The molecule has 1 rings (SSSR count). The van der Waals surface area contributed by atoms with Crippen LogP contribution in [0.4, 0.5) is 0 Å². The molecular formula is C12H25NO2. The van der Waals surface area contributed by atoms with Gasteiger partial charge in [-0.1, -0.05) is 20.8 Å². The zero-order chi connectivity index (χ0) is 11.5. The van der Waals surface area contributed by atoms with Gasteiger partial charge in [-0.2, -0.15) is 0 Å². The maximum Gasteiger partial charge on any atom is 0.0777 e. The second kappa shape index (κ2) is 5.28. The van der Waals surface area contributed by atoms with E-state index in [1.165, 1.54) is 0 Å². The van der Waals surface area contributed by atoms with Gasteiger partial charge in [0.25, 0.3) is 0 Å². The second-order valence-corrected chi connectivity index (χ2v) is 5.44. The van der Waals surface area contributed by atoms with E-state index in [1.807, 2.05) is 6.92 Å². The summed E-state index contributed by atoms with van der Waals surface area (Å²) in [6.45, 7) is 10.9. The molecule has 0 spiro atoms. The zero-order valence-corrected chi connectivity index (χ0v) is 10.5. The molecule has 0 aromatic carbocycles. The summed E-state index contributed by atoms with van der Waals surface area (Å²) in [6.07, 6.45) is 1.19. The Hall–Kier alpha value is -0.120. The van der Waals surface area contributed by atoms with Gasteiger partial charge in [-0.3, -0.25) is 0 Å². The monoisotopic (exact) mass is 215 g/mol. The van der Waals surface area contributed by atoms with Crippen LogP contribution in [0.2, 0.25) is 0 Å². The molecule has 0 aromatic heterocycles. The van der Waals surface area contributed by atoms with Crippen molar-refractivity contribution in [3.8, 4) is 0 Å². The van der Waals surface area contributed by atoms with Crippen LogP contribution >= 0.6 is 0 Å². The lowest BCUT2D eigenvalue weighted by Gasteiger charge is -2.37. The number of ether oxygens (including phenoxy) is 2. The van der Waals surface area contributed by atoms with Crippen LogP contribution in [0, 0.1) is 11.3 Å². The second-order valence-electron chi connectivity index (χ2n) is 5.44. The summed E-state index contributed by atoms with van der Waals surface area (Å²) in [7, 11) is 0. The zero-order valence-electron chi connectivity index (χ0n) is 10.5. The van der Waals surface area contributed by atoms with Crippen molar-refractivity contribution in [2.45, 2.75) is 46.3 Å². The smallest absolute Gasteiger partial charge is 0.0777 e. The Balaban J connectivity index is 2.61. The van der Waals surface area contributed by atoms with Crippen LogP contribution in [0.1, 0.15) is 34.1 Å². The summed E-state index contributed by atoms with van der Waals surface area (Å²) in [5, 5.41) is 0. The third kappa shape index (κ3) is 3.44. The van der Waals surface area contributed by atoms with Gasteiger partial charge in [-0.15, -0.1) is 0 Å². The molecule has 1 heterocycles. The van der Waals surface area contributed by atoms with E-state index in [0.717, 1.165) is 26.2 Å². The Kier molecular flexibility index (Phi) is 4.56. The van der Waals surface area contributed by atoms with Crippen molar-refractivity contribution < 1.29 is 9.47 Å². The van der Waals surface area contributed by atoms with Crippen LogP contribution in [0.3, 0.4) is 0 Å². The van der Waals surface area contributed by atoms with E-state index in [9.17, 15) is 0 Å². The van der Waals surface area contributed by atoms with Crippen molar-refractivity contribution in [3.63, 3.8) is 0 Å². The lowest BCUT2D eigenvalue weighted by molar-refractivity contribution is -0.0401. The number of rotatable bonds is 4. The first-order chi connectivity index (χ1) is 6.96. The van der Waals surface area contributed by atoms with Gasteiger partial charge in [-0.05, 0) is 18.8 Å². The summed E-state index contributed by atoms with van der Waals surface area (Å²) >= 11 is 0. The Labute approximate surface area is 93.3 Å². The van der Waals surface area contributed by atoms with Gasteiger partial charge in [0, 0.05) is 25.2 Å². The van der Waals surface area contributed by atoms with Gasteiger partial charge in [0.15, 0.2) is 0 Å². The van der Waals surface area contributed by atoms with Crippen molar-refractivity contribution in [2.75, 3.05) is 19.8 Å². The number of hydrogen-bond acceptors (Lipinski definition) is 3. The van der Waals surface area contributed by atoms with Crippen LogP contribution in [0.15, 0.2) is 0 Å². The van der Waals surface area contributed by atoms with Gasteiger partial charge in [0.2, 0.25) is 0 Å². The largest absolute Gasteiger partial charge is 0.381 e. The Morgan fingerprint density at radius 3 is 2.53 bits per heavy atom. The summed E-state index contributed by atoms with van der Waals surface area (Å²) < 4.78 is 11.2. The molecule has 0 amide bonds. The van der Waals surface area contributed by atoms with Crippen LogP contribution in [-0.2, 0) is 9.47 Å². The lowest BCUT2D eigenvalue weighted by atomic mass is 9.80. The fourth-order valence-electron chi connectivity index (χ4n) is 2.22. The van der Waals surface area contributed by atoms with E-state index in [2.05, 4.69) is 20.8 Å². The fourth-order valence-corrected chi connectivity index (χ4v) is 2.22. The molecule has 0 saturated carbocycles. The number of nitrogens with two attached hydrogens (primary N) is 1. The van der Waals surface area contributed by atoms with Crippen molar-refractivity contribution in [1.29, 1.82) is 0 Å². The summed E-state index contributed by atoms with van der Waals surface area (Å²) in [5.41, 5.74) is 6.39. The van der Waals surface area contributed by atoms with Crippen LogP contribution in [-0.4, -0.2) is 32.0 Å². The topological polar surface area (TPSA) is 44.5 Å². The molecule has 0 radical (unpaired) electrons. The van der Waals surface area contributed by atoms with E-state index in [-0.39, 0.29) is 17.6 Å². The van der Waals surface area contributed by atoms with E-state index < -0.39 is 0 Å². The molecule has 3 nitrogen and oxygen atoms in total. The maximum absolute atomic E-state index is 6.29. The van der Waals surface area contributed by atoms with Crippen molar-refractivity contribution in [1.82, 2.24) is 0 Å². The molecule has 15 heavy (non-hydrogen) atoms. The van der Waals surface area contributed by atoms with Gasteiger partial charge < -0.3 is 15.2 Å². The average molecular weight is 215 g/mol. The van der Waals surface area contributed by atoms with E-state index in [4.69, 9.17) is 15.2 Å². The molecule has 90 valence electrons. The molecule has 1 fully saturated rings. The standard InChI is InChI=1S/C12H25NO2/c1-5-15-11(12(2,3)4)10(13)9-6-7-14-8-9/h9-11H,5-8,13H2,1-4H3. The van der Waals surface area contributed by atoms with E-state index in [0.29, 0.717) is 5.92 Å². The maximum atomic E-state index is 6.29. The Morgan fingerprint density at radius 1 is 1.47 bits per heavy atom. The minimum Gasteiger partial charge on any atom is -0.381 e. The molecule has 0 bridgehead atoms. The highest BCUT2D eigenvalue weighted by molar-refractivity contribution is 4.89. The molecule has 0 aliphatic carbocycles. The SMILES string of the molecule is CCOC(C(N)C1CCOC1)C(C)(C)C. The predicted molar refractivity (Wildman–Crippen MR) is 61.8 cm³/mol. The molecule has 0 aromatic rings. The van der Waals surface area contributed by atoms with Gasteiger partial charge in [0.1, 0.15) is 0 Å². The molecule has 3 atom stereocenters. The molecule has 1 saturated heterocycles. The summed E-state index contributed by atoms with van der Waals surface area (Å²) in [6, 6.07) is 0.0902. The summed E-state index contributed by atoms with van der Waals surface area (Å²) in [4.78, 5) is 0. The lowest BCUT2D eigenvalue weighted by Crippen LogP contribution is -2.49. The van der Waals surface area contributed by atoms with E-state index in [1.54, 1.807) is 0 Å². The predicted octanol–water partition coefficient (Wildman–Crippen LogP) is 1.80. The highest BCUT2D eigenvalue weighted by atomic mass is 16.5. The number of hydrogen-bond donors (Lipinski definition) is 1. The van der Waals surface area contributed by atoms with E-state index >= 15 is 0 Å². The van der Waals surface area contributed by atoms with Crippen LogP contribution < -0.4 is 5.73 Å². The van der Waals surface area contributed by atoms with Crippen molar-refractivity contribution in [2.24, 2.45) is 17.1 Å². The molecular weight excluding hydrogens is 190 g/mol. The van der Waals surface area contributed by atoms with Crippen LogP contribution in [0.5, 0.6) is 0 Å². The van der Waals surface area contributed by atoms with Crippen molar-refractivity contribution in [3.05, 3.63) is 0 Å². The molecule has 2 N–H and O–H groups in total. The molecule has 3 heteroatoms. The van der Waals surface area contributed by atoms with Crippen LogP contribution in [0.25, 0.3) is 0 Å². The Bertz CT molecular complexity index is 183. The average Bonchev–Trinajstić information content (AvgIpc) is 2.63. The third-order valence-electron chi connectivity index (χ3n) is 3.06. The normalized spacial score (nSPS) is 26.6. The van der Waals surface area contributed by atoms with Gasteiger partial charge in [-0.25, -0.2) is 0 Å².